The van der Waals surface area contributed by atoms with E-state index in [0.717, 1.165) is 0 Å². The van der Waals surface area contributed by atoms with E-state index in [2.05, 4.69) is 11.4 Å². The molecule has 0 radical (unpaired) electrons. The summed E-state index contributed by atoms with van der Waals surface area (Å²) < 4.78 is 5.39. The van der Waals surface area contributed by atoms with Crippen molar-refractivity contribution in [1.82, 2.24) is 10.2 Å². The van der Waals surface area contributed by atoms with Crippen LogP contribution in [0.3, 0.4) is 0 Å². The molecule has 0 saturated carbocycles. The Hall–Kier alpha value is -2.86. The number of nitrogens with one attached hydrogen (secondary N) is 1. The van der Waals surface area contributed by atoms with Crippen molar-refractivity contribution in [1.29, 1.82) is 5.26 Å². The Morgan fingerprint density at radius 3 is 2.67 bits per heavy atom. The predicted molar refractivity (Wildman–Crippen MR) is 100 cm³/mol. The fourth-order valence-electron chi connectivity index (χ4n) is 2.97. The number of anilines is 1. The molecule has 144 valence electrons. The van der Waals surface area contributed by atoms with E-state index >= 15 is 0 Å². The maximum Gasteiger partial charge on any atom is 0.336 e. The van der Waals surface area contributed by atoms with Gasteiger partial charge in [0, 0.05) is 17.9 Å². The molecule has 0 unspecified atom stereocenters. The van der Waals surface area contributed by atoms with E-state index in [9.17, 15) is 20.5 Å². The highest BCUT2D eigenvalue weighted by Crippen LogP contribution is 2.39. The number of allylic oxidation sites excluding steroid dienone is 3. The van der Waals surface area contributed by atoms with E-state index < -0.39 is 11.9 Å². The van der Waals surface area contributed by atoms with Crippen molar-refractivity contribution in [2.24, 2.45) is 0 Å². The van der Waals surface area contributed by atoms with Gasteiger partial charge in [-0.25, -0.2) is 4.79 Å². The molecule has 27 heavy (non-hydrogen) atoms. The molecule has 2 N–H and O–H groups in total. The van der Waals surface area contributed by atoms with Gasteiger partial charge in [0.1, 0.15) is 6.61 Å². The Labute approximate surface area is 158 Å². The first kappa shape index (κ1) is 20.5. The zero-order valence-electron chi connectivity index (χ0n) is 15.8. The highest BCUT2D eigenvalue weighted by molar-refractivity contribution is 5.93. The van der Waals surface area contributed by atoms with E-state index in [1.54, 1.807) is 26.0 Å². The van der Waals surface area contributed by atoms with Crippen LogP contribution in [0.2, 0.25) is 0 Å². The molecule has 2 rings (SSSR count). The summed E-state index contributed by atoms with van der Waals surface area (Å²) >= 11 is 0. The molecule has 1 aliphatic rings. The average molecular weight is 371 g/mol. The highest BCUT2D eigenvalue weighted by Gasteiger charge is 2.34. The third-order valence-electron chi connectivity index (χ3n) is 4.30. The van der Waals surface area contributed by atoms with Gasteiger partial charge in [0.25, 0.3) is 0 Å². The Morgan fingerprint density at radius 1 is 1.37 bits per heavy atom. The van der Waals surface area contributed by atoms with Crippen molar-refractivity contribution < 1.29 is 14.7 Å². The molecule has 0 fully saturated rings. The van der Waals surface area contributed by atoms with Crippen LogP contribution in [0.25, 0.3) is 0 Å². The Kier molecular flexibility index (Phi) is 6.58. The van der Waals surface area contributed by atoms with Crippen LogP contribution < -0.4 is 10.5 Å². The van der Waals surface area contributed by atoms with E-state index in [1.165, 1.54) is 12.1 Å². The van der Waals surface area contributed by atoms with Gasteiger partial charge in [-0.3, -0.25) is 5.21 Å². The largest absolute Gasteiger partial charge is 0.733 e. The second-order valence-electron chi connectivity index (χ2n) is 6.55. The number of benzene rings is 1. The van der Waals surface area contributed by atoms with Crippen molar-refractivity contribution in [3.05, 3.63) is 57.6 Å². The molecule has 1 aromatic carbocycles. The number of rotatable bonds is 6. The smallest absolute Gasteiger partial charge is 0.336 e. The Morgan fingerprint density at radius 2 is 2.07 bits per heavy atom. The van der Waals surface area contributed by atoms with E-state index in [0.29, 0.717) is 34.6 Å². The summed E-state index contributed by atoms with van der Waals surface area (Å²) in [6.45, 7) is 4.27. The van der Waals surface area contributed by atoms with Crippen molar-refractivity contribution in [2.45, 2.75) is 19.8 Å². The van der Waals surface area contributed by atoms with Gasteiger partial charge in [-0.2, -0.15) is 5.26 Å². The lowest BCUT2D eigenvalue weighted by Gasteiger charge is -2.30. The highest BCUT2D eigenvalue weighted by atomic mass is 16.8. The number of esters is 1. The minimum Gasteiger partial charge on any atom is -0.733 e. The quantitative estimate of drug-likeness (QED) is 0.578. The normalized spacial score (nSPS) is 16.9. The monoisotopic (exact) mass is 371 g/mol. The number of hydrogen-bond donors (Lipinski definition) is 2. The zero-order chi connectivity index (χ0) is 20.1. The summed E-state index contributed by atoms with van der Waals surface area (Å²) in [5, 5.41) is 32.9. The van der Waals surface area contributed by atoms with E-state index in [4.69, 9.17) is 4.74 Å². The van der Waals surface area contributed by atoms with Gasteiger partial charge in [-0.05, 0) is 45.6 Å². The first-order chi connectivity index (χ1) is 12.8. The summed E-state index contributed by atoms with van der Waals surface area (Å²) in [7, 11) is 3.75. The number of carbonyl (C=O) groups is 1. The second kappa shape index (κ2) is 8.68. The number of carbonyl (C=O) groups excluding carboxylic acids is 1. The molecule has 8 heteroatoms. The Bertz CT molecular complexity index is 821. The van der Waals surface area contributed by atoms with E-state index in [-0.39, 0.29) is 17.5 Å². The summed E-state index contributed by atoms with van der Waals surface area (Å²) in [6.07, 6.45) is 0. The maximum absolute atomic E-state index is 12.8. The summed E-state index contributed by atoms with van der Waals surface area (Å²) in [5.74, 6) is -1.22. The number of likely N-dealkylation sites (N-methyl/N-ethyl adjacent to an activating group) is 1. The molecule has 0 amide bonds. The van der Waals surface area contributed by atoms with Gasteiger partial charge >= 0.3 is 5.97 Å². The van der Waals surface area contributed by atoms with Gasteiger partial charge < -0.3 is 25.4 Å². The van der Waals surface area contributed by atoms with Crippen LogP contribution in [-0.2, 0) is 9.53 Å². The number of nitrogens with zero attached hydrogens (tertiary/aromatic N) is 3. The lowest BCUT2D eigenvalue weighted by Crippen LogP contribution is -2.30. The summed E-state index contributed by atoms with van der Waals surface area (Å²) in [4.78, 5) is 14.7. The summed E-state index contributed by atoms with van der Waals surface area (Å²) in [6, 6.07) is 8.32. The molecular weight excluding hydrogens is 348 g/mol. The van der Waals surface area contributed by atoms with Crippen LogP contribution in [0, 0.1) is 16.5 Å². The first-order valence-electron chi connectivity index (χ1n) is 8.42. The van der Waals surface area contributed by atoms with Crippen LogP contribution in [0.4, 0.5) is 5.69 Å². The molecule has 0 bridgehead atoms. The van der Waals surface area contributed by atoms with Crippen LogP contribution in [0.5, 0.6) is 0 Å². The molecule has 0 aliphatic carbocycles. The molecule has 8 nitrogen and oxygen atoms in total. The lowest BCUT2D eigenvalue weighted by molar-refractivity contribution is -0.139. The van der Waals surface area contributed by atoms with Crippen LogP contribution in [0.15, 0.2) is 46.8 Å². The van der Waals surface area contributed by atoms with E-state index in [1.807, 2.05) is 19.0 Å². The fourth-order valence-corrected chi connectivity index (χ4v) is 2.97. The third kappa shape index (κ3) is 4.65. The zero-order valence-corrected chi connectivity index (χ0v) is 15.8. The van der Waals surface area contributed by atoms with Gasteiger partial charge in [-0.15, -0.1) is 0 Å². The molecule has 0 aromatic heterocycles. The van der Waals surface area contributed by atoms with Gasteiger partial charge in [0.15, 0.2) is 0 Å². The van der Waals surface area contributed by atoms with Gasteiger partial charge in [0.05, 0.1) is 28.8 Å². The van der Waals surface area contributed by atoms with Crippen LogP contribution in [0.1, 0.15) is 25.3 Å². The fraction of sp³-hybridized carbons (Fsp3) is 0.368. The third-order valence-corrected chi connectivity index (χ3v) is 4.30. The minimum atomic E-state index is -0.692. The first-order valence-corrected chi connectivity index (χ1v) is 8.42. The molecule has 1 heterocycles. The average Bonchev–Trinajstić information content (AvgIpc) is 2.60. The van der Waals surface area contributed by atoms with Crippen molar-refractivity contribution in [2.75, 3.05) is 32.5 Å². The van der Waals surface area contributed by atoms with Crippen molar-refractivity contribution >= 4 is 11.7 Å². The van der Waals surface area contributed by atoms with Gasteiger partial charge in [-0.1, -0.05) is 12.1 Å². The topological polar surface area (TPSA) is 112 Å². The standard InChI is InChI=1S/C19H23N4O4/c1-12-16(11-20)18(14-6-5-7-15(10-14)23(25)26)17(13(2)21-12)19(24)27-9-8-22(3)4/h5-7,10,18,21,25H,8-9H2,1-4H3/q-1/t18-/m1/s1. The van der Waals surface area contributed by atoms with Crippen LogP contribution >= 0.6 is 0 Å². The molecule has 1 aliphatic heterocycles. The maximum atomic E-state index is 12.8. The van der Waals surface area contributed by atoms with Gasteiger partial charge in [0.2, 0.25) is 0 Å². The number of nitriles is 1. The molecule has 1 aromatic rings. The second-order valence-corrected chi connectivity index (χ2v) is 6.55. The minimum absolute atomic E-state index is 0.0129. The predicted octanol–water partition coefficient (Wildman–Crippen LogP) is 2.24. The molecular formula is C19H23N4O4-. The molecule has 0 spiro atoms. The van der Waals surface area contributed by atoms with Crippen molar-refractivity contribution in [3.63, 3.8) is 0 Å². The Balaban J connectivity index is 2.46. The lowest BCUT2D eigenvalue weighted by atomic mass is 9.81. The summed E-state index contributed by atoms with van der Waals surface area (Å²) in [5.41, 5.74) is 2.42. The number of ether oxygens (including phenoxy) is 1. The van der Waals surface area contributed by atoms with Crippen molar-refractivity contribution in [3.8, 4) is 6.07 Å². The van der Waals surface area contributed by atoms with Crippen LogP contribution in [-0.4, -0.2) is 43.3 Å². The number of hydrogen-bond acceptors (Lipinski definition) is 8. The molecule has 1 atom stereocenters. The number of dihydropyridines is 1. The SMILES string of the molecule is CC1=C(C#N)[C@@H](c2cccc(N([O-])O)c2)C(C(=O)OCCN(C)C)=C(C)N1. The molecule has 0 saturated heterocycles.